The molecule has 0 saturated heterocycles. The number of halogens is 1. The van der Waals surface area contributed by atoms with Crippen LogP contribution in [-0.2, 0) is 13.1 Å². The second-order valence-electron chi connectivity index (χ2n) is 7.34. The first-order valence-corrected chi connectivity index (χ1v) is 9.60. The van der Waals surface area contributed by atoms with Crippen LogP contribution in [0.3, 0.4) is 0 Å². The number of H-pyrrole nitrogens is 1. The van der Waals surface area contributed by atoms with E-state index in [1.807, 2.05) is 0 Å². The lowest BCUT2D eigenvalue weighted by atomic mass is 10.1. The Bertz CT molecular complexity index is 1240. The van der Waals surface area contributed by atoms with Gasteiger partial charge in [0.1, 0.15) is 5.82 Å². The van der Waals surface area contributed by atoms with Gasteiger partial charge in [-0.25, -0.2) is 14.2 Å². The van der Waals surface area contributed by atoms with Gasteiger partial charge in [0.05, 0.1) is 10.9 Å². The molecule has 1 saturated carbocycles. The summed E-state index contributed by atoms with van der Waals surface area (Å²) in [5.41, 5.74) is 1.20. The van der Waals surface area contributed by atoms with Crippen LogP contribution in [0.2, 0.25) is 0 Å². The number of carbonyl (C=O) groups is 1. The van der Waals surface area contributed by atoms with Crippen molar-refractivity contribution in [1.82, 2.24) is 19.9 Å². The van der Waals surface area contributed by atoms with E-state index in [0.717, 1.165) is 18.4 Å². The zero-order valence-electron chi connectivity index (χ0n) is 16.2. The van der Waals surface area contributed by atoms with E-state index >= 15 is 0 Å². The van der Waals surface area contributed by atoms with E-state index < -0.39 is 17.2 Å². The van der Waals surface area contributed by atoms with E-state index in [1.165, 1.54) is 10.6 Å². The number of aromatic nitrogens is 3. The number of hydrogen-bond acceptors (Lipinski definition) is 4. The van der Waals surface area contributed by atoms with E-state index in [2.05, 4.69) is 15.3 Å². The summed E-state index contributed by atoms with van der Waals surface area (Å²) < 4.78 is 14.8. The highest BCUT2D eigenvalue weighted by Crippen LogP contribution is 2.39. The van der Waals surface area contributed by atoms with Crippen LogP contribution in [-0.4, -0.2) is 20.4 Å². The summed E-state index contributed by atoms with van der Waals surface area (Å²) in [4.78, 5) is 44.5. The van der Waals surface area contributed by atoms with E-state index in [4.69, 9.17) is 0 Å². The Morgan fingerprint density at radius 2 is 2.07 bits per heavy atom. The topological polar surface area (TPSA) is 96.9 Å². The summed E-state index contributed by atoms with van der Waals surface area (Å²) >= 11 is 0. The Kier molecular flexibility index (Phi) is 4.77. The van der Waals surface area contributed by atoms with Crippen molar-refractivity contribution in [2.24, 2.45) is 0 Å². The van der Waals surface area contributed by atoms with Gasteiger partial charge in [-0.3, -0.25) is 19.1 Å². The van der Waals surface area contributed by atoms with E-state index in [1.54, 1.807) is 32.0 Å². The van der Waals surface area contributed by atoms with E-state index in [9.17, 15) is 18.8 Å². The number of nitrogens with one attached hydrogen (secondary N) is 2. The lowest BCUT2D eigenvalue weighted by molar-refractivity contribution is 0.0952. The zero-order valence-corrected chi connectivity index (χ0v) is 16.2. The third-order valence-electron chi connectivity index (χ3n) is 5.20. The summed E-state index contributed by atoms with van der Waals surface area (Å²) in [6, 6.07) is 6.27. The largest absolute Gasteiger partial charge is 0.348 e. The Hall–Kier alpha value is -3.29. The number of fused-ring (bicyclic) bond motifs is 1. The number of rotatable bonds is 5. The van der Waals surface area contributed by atoms with Crippen LogP contribution in [0, 0.1) is 12.7 Å². The predicted octanol–water partition coefficient (Wildman–Crippen LogP) is 2.36. The minimum atomic E-state index is -0.632. The highest BCUT2D eigenvalue weighted by molar-refractivity contribution is 6.05. The Morgan fingerprint density at radius 1 is 1.31 bits per heavy atom. The molecule has 2 aromatic heterocycles. The minimum Gasteiger partial charge on any atom is -0.348 e. The Morgan fingerprint density at radius 3 is 2.72 bits per heavy atom. The first-order chi connectivity index (χ1) is 13.9. The quantitative estimate of drug-likeness (QED) is 0.692. The summed E-state index contributed by atoms with van der Waals surface area (Å²) in [5, 5.41) is 2.89. The number of carbonyl (C=O) groups excluding carboxylic acids is 1. The number of benzene rings is 1. The summed E-state index contributed by atoms with van der Waals surface area (Å²) in [5.74, 6) is -0.503. The molecule has 3 aromatic rings. The molecule has 4 rings (SSSR count). The average Bonchev–Trinajstić information content (AvgIpc) is 3.53. The van der Waals surface area contributed by atoms with Gasteiger partial charge in [0.15, 0.2) is 5.65 Å². The highest BCUT2D eigenvalue weighted by atomic mass is 19.1. The van der Waals surface area contributed by atoms with Crippen LogP contribution in [0.1, 0.15) is 52.9 Å². The number of hydrogen-bond donors (Lipinski definition) is 2. The van der Waals surface area contributed by atoms with Crippen molar-refractivity contribution in [3.63, 3.8) is 0 Å². The van der Waals surface area contributed by atoms with Crippen LogP contribution >= 0.6 is 0 Å². The zero-order chi connectivity index (χ0) is 20.7. The monoisotopic (exact) mass is 396 g/mol. The van der Waals surface area contributed by atoms with Crippen molar-refractivity contribution in [3.05, 3.63) is 73.3 Å². The van der Waals surface area contributed by atoms with Crippen LogP contribution in [0.15, 0.2) is 33.9 Å². The fourth-order valence-corrected chi connectivity index (χ4v) is 3.45. The number of aryl methyl sites for hydroxylation is 2. The van der Waals surface area contributed by atoms with Crippen molar-refractivity contribution >= 4 is 16.9 Å². The van der Waals surface area contributed by atoms with Crippen molar-refractivity contribution in [2.75, 3.05) is 0 Å². The van der Waals surface area contributed by atoms with Crippen molar-refractivity contribution in [2.45, 2.75) is 45.7 Å². The molecule has 0 atom stereocenters. The molecule has 0 radical (unpaired) electrons. The fourth-order valence-electron chi connectivity index (χ4n) is 3.45. The molecule has 2 heterocycles. The average molecular weight is 396 g/mol. The maximum atomic E-state index is 13.5. The molecule has 1 aliphatic rings. The number of amides is 1. The predicted molar refractivity (Wildman–Crippen MR) is 107 cm³/mol. The molecule has 1 fully saturated rings. The SMILES string of the molecule is CCn1c(=O)[nH]c(=O)c2c(C(=O)NCc3ccc(F)c(C)c3)cc(C3CC3)nc21. The van der Waals surface area contributed by atoms with Gasteiger partial charge in [-0.05, 0) is 49.9 Å². The molecule has 2 N–H and O–H groups in total. The van der Waals surface area contributed by atoms with Crippen molar-refractivity contribution < 1.29 is 9.18 Å². The molecule has 1 aliphatic carbocycles. The molecule has 150 valence electrons. The molecule has 0 aliphatic heterocycles. The maximum Gasteiger partial charge on any atom is 0.329 e. The molecular weight excluding hydrogens is 375 g/mol. The third kappa shape index (κ3) is 3.57. The second-order valence-corrected chi connectivity index (χ2v) is 7.34. The first-order valence-electron chi connectivity index (χ1n) is 9.60. The third-order valence-corrected chi connectivity index (χ3v) is 5.20. The molecule has 7 nitrogen and oxygen atoms in total. The van der Waals surface area contributed by atoms with E-state index in [0.29, 0.717) is 17.8 Å². The Labute approximate surface area is 165 Å². The molecule has 0 bridgehead atoms. The highest BCUT2D eigenvalue weighted by Gasteiger charge is 2.28. The van der Waals surface area contributed by atoms with Crippen LogP contribution in [0.4, 0.5) is 4.39 Å². The molecule has 0 unspecified atom stereocenters. The van der Waals surface area contributed by atoms with Gasteiger partial charge in [-0.2, -0.15) is 0 Å². The fraction of sp³-hybridized carbons (Fsp3) is 0.333. The van der Waals surface area contributed by atoms with Gasteiger partial charge >= 0.3 is 5.69 Å². The van der Waals surface area contributed by atoms with Gasteiger partial charge in [-0.1, -0.05) is 12.1 Å². The minimum absolute atomic E-state index is 0.101. The molecule has 1 aromatic carbocycles. The maximum absolute atomic E-state index is 13.5. The van der Waals surface area contributed by atoms with Crippen LogP contribution in [0.5, 0.6) is 0 Å². The number of nitrogens with zero attached hydrogens (tertiary/aromatic N) is 2. The normalized spacial score (nSPS) is 13.6. The molecule has 0 spiro atoms. The molecule has 29 heavy (non-hydrogen) atoms. The molecule has 8 heteroatoms. The molecular formula is C21H21FN4O3. The molecule has 1 amide bonds. The van der Waals surface area contributed by atoms with Gasteiger partial charge in [0.2, 0.25) is 0 Å². The lowest BCUT2D eigenvalue weighted by Gasteiger charge is -2.13. The smallest absolute Gasteiger partial charge is 0.329 e. The summed E-state index contributed by atoms with van der Waals surface area (Å²) in [6.07, 6.45) is 1.93. The second kappa shape index (κ2) is 7.27. The van der Waals surface area contributed by atoms with Crippen LogP contribution < -0.4 is 16.6 Å². The van der Waals surface area contributed by atoms with Crippen molar-refractivity contribution in [1.29, 1.82) is 0 Å². The number of pyridine rings is 1. The van der Waals surface area contributed by atoms with Gasteiger partial charge in [-0.15, -0.1) is 0 Å². The first kappa shape index (κ1) is 19.0. The Balaban J connectivity index is 1.77. The number of aromatic amines is 1. The lowest BCUT2D eigenvalue weighted by Crippen LogP contribution is -2.33. The van der Waals surface area contributed by atoms with Gasteiger partial charge in [0, 0.05) is 24.7 Å². The summed E-state index contributed by atoms with van der Waals surface area (Å²) in [6.45, 7) is 3.95. The summed E-state index contributed by atoms with van der Waals surface area (Å²) in [7, 11) is 0. The van der Waals surface area contributed by atoms with Crippen LogP contribution in [0.25, 0.3) is 11.0 Å². The van der Waals surface area contributed by atoms with Gasteiger partial charge in [0.25, 0.3) is 11.5 Å². The van der Waals surface area contributed by atoms with E-state index in [-0.39, 0.29) is 34.9 Å². The van der Waals surface area contributed by atoms with Crippen molar-refractivity contribution in [3.8, 4) is 0 Å². The van der Waals surface area contributed by atoms with Gasteiger partial charge < -0.3 is 5.32 Å². The standard InChI is InChI=1S/C21H21FN4O3/c1-3-26-18-17(20(28)25-21(26)29)14(9-16(24-18)13-5-6-13)19(27)23-10-12-4-7-15(22)11(2)8-12/h4,7-9,13H,3,5-6,10H2,1-2H3,(H,23,27)(H,25,28,29).